The molecule has 2 heterocycles. The number of carbonyl (C=O) groups excluding carboxylic acids is 2. The zero-order chi connectivity index (χ0) is 17.3. The molecule has 3 rings (SSSR count). The summed E-state index contributed by atoms with van der Waals surface area (Å²) in [5.41, 5.74) is 0.503. The van der Waals surface area contributed by atoms with Crippen LogP contribution in [0.3, 0.4) is 0 Å². The number of alkyl halides is 2. The van der Waals surface area contributed by atoms with Crippen molar-refractivity contribution >= 4 is 17.6 Å². The normalized spacial score (nSPS) is 14.3. The largest absolute Gasteiger partial charge is 0.586 e. The molecule has 0 spiro atoms. The molecule has 0 aliphatic carbocycles. The number of carbonyl (C=O) groups is 2. The smallest absolute Gasteiger partial charge is 0.451 e. The van der Waals surface area contributed by atoms with Gasteiger partial charge < -0.3 is 24.1 Å². The fraction of sp³-hybridized carbons (Fsp3) is 0.200. The lowest BCUT2D eigenvalue weighted by molar-refractivity contribution is -0.286. The fourth-order valence-corrected chi connectivity index (χ4v) is 2.10. The molecule has 1 aromatic carbocycles. The highest BCUT2D eigenvalue weighted by atomic mass is 19.3. The molecule has 0 saturated carbocycles. The number of rotatable bonds is 4. The number of ether oxygens (including phenoxy) is 3. The second-order valence-corrected chi connectivity index (χ2v) is 4.96. The summed E-state index contributed by atoms with van der Waals surface area (Å²) in [5, 5.41) is 2.41. The molecule has 1 amide bonds. The number of benzene rings is 1. The molecule has 126 valence electrons. The van der Waals surface area contributed by atoms with E-state index < -0.39 is 24.8 Å². The number of hydrogen-bond acceptors (Lipinski definition) is 5. The highest BCUT2D eigenvalue weighted by Gasteiger charge is 2.43. The maximum Gasteiger partial charge on any atom is 0.586 e. The van der Waals surface area contributed by atoms with Crippen LogP contribution in [-0.2, 0) is 16.6 Å². The Morgan fingerprint density at radius 3 is 2.71 bits per heavy atom. The monoisotopic (exact) mass is 338 g/mol. The van der Waals surface area contributed by atoms with Crippen LogP contribution in [0.1, 0.15) is 10.5 Å². The molecule has 2 aromatic rings. The summed E-state index contributed by atoms with van der Waals surface area (Å²) in [5.74, 6) is -1.60. The Hall–Kier alpha value is -3.10. The maximum absolute atomic E-state index is 12.9. The van der Waals surface area contributed by atoms with Crippen molar-refractivity contribution < 1.29 is 32.6 Å². The molecule has 0 unspecified atom stereocenters. The van der Waals surface area contributed by atoms with E-state index in [1.165, 1.54) is 18.2 Å². The van der Waals surface area contributed by atoms with Crippen molar-refractivity contribution in [3.05, 3.63) is 42.2 Å². The fourth-order valence-electron chi connectivity index (χ4n) is 2.10. The number of fused-ring (bicyclic) bond motifs is 1. The summed E-state index contributed by atoms with van der Waals surface area (Å²) in [6.45, 7) is -0.519. The summed E-state index contributed by atoms with van der Waals surface area (Å²) >= 11 is 0. The minimum absolute atomic E-state index is 0.131. The van der Waals surface area contributed by atoms with E-state index in [0.29, 0.717) is 5.69 Å². The van der Waals surface area contributed by atoms with E-state index in [4.69, 9.17) is 4.74 Å². The predicted octanol–water partition coefficient (Wildman–Crippen LogP) is 2.14. The van der Waals surface area contributed by atoms with E-state index >= 15 is 0 Å². The molecule has 0 saturated heterocycles. The average Bonchev–Trinajstić information content (AvgIpc) is 3.05. The zero-order valence-corrected chi connectivity index (χ0v) is 12.4. The van der Waals surface area contributed by atoms with Gasteiger partial charge in [0.1, 0.15) is 5.69 Å². The van der Waals surface area contributed by atoms with Gasteiger partial charge in [-0.3, -0.25) is 4.79 Å². The molecule has 9 heteroatoms. The minimum Gasteiger partial charge on any atom is -0.451 e. The van der Waals surface area contributed by atoms with Crippen molar-refractivity contribution in [3.8, 4) is 11.5 Å². The third-order valence-corrected chi connectivity index (χ3v) is 3.17. The van der Waals surface area contributed by atoms with Crippen LogP contribution in [0.4, 0.5) is 14.5 Å². The highest BCUT2D eigenvalue weighted by molar-refractivity contribution is 5.95. The van der Waals surface area contributed by atoms with Gasteiger partial charge in [0.2, 0.25) is 0 Å². The molecular weight excluding hydrogens is 326 g/mol. The van der Waals surface area contributed by atoms with Crippen LogP contribution in [0.25, 0.3) is 0 Å². The lowest BCUT2D eigenvalue weighted by Gasteiger charge is -2.07. The molecular formula is C15H12F2N2O5. The summed E-state index contributed by atoms with van der Waals surface area (Å²) < 4.78 is 40.8. The van der Waals surface area contributed by atoms with Crippen LogP contribution in [0, 0.1) is 0 Å². The van der Waals surface area contributed by atoms with E-state index in [0.717, 1.165) is 0 Å². The molecule has 7 nitrogen and oxygen atoms in total. The Kier molecular flexibility index (Phi) is 3.84. The van der Waals surface area contributed by atoms with Gasteiger partial charge in [-0.15, -0.1) is 8.78 Å². The van der Waals surface area contributed by atoms with Gasteiger partial charge in [0, 0.05) is 25.0 Å². The Bertz CT molecular complexity index is 803. The first kappa shape index (κ1) is 15.8. The van der Waals surface area contributed by atoms with Gasteiger partial charge in [-0.1, -0.05) is 0 Å². The standard InChI is InChI=1S/C15H12F2N2O5/c1-19-6-2-3-10(19)14(21)22-8-13(20)18-9-4-5-11-12(7-9)24-15(16,17)23-11/h2-7H,8H2,1H3,(H,18,20). The van der Waals surface area contributed by atoms with Gasteiger partial charge in [-0.05, 0) is 24.3 Å². The summed E-state index contributed by atoms with van der Waals surface area (Å²) in [6.07, 6.45) is -2.06. The van der Waals surface area contributed by atoms with Gasteiger partial charge in [-0.2, -0.15) is 0 Å². The van der Waals surface area contributed by atoms with Crippen LogP contribution in [0.5, 0.6) is 11.5 Å². The molecule has 0 bridgehead atoms. The number of nitrogens with one attached hydrogen (secondary N) is 1. The van der Waals surface area contributed by atoms with Gasteiger partial charge in [-0.25, -0.2) is 4.79 Å². The van der Waals surface area contributed by atoms with E-state index in [1.54, 1.807) is 29.9 Å². The molecule has 0 radical (unpaired) electrons. The van der Waals surface area contributed by atoms with Crippen molar-refractivity contribution in [2.75, 3.05) is 11.9 Å². The van der Waals surface area contributed by atoms with Crippen LogP contribution in [-0.4, -0.2) is 29.3 Å². The first-order valence-electron chi connectivity index (χ1n) is 6.82. The van der Waals surface area contributed by atoms with Crippen molar-refractivity contribution in [1.29, 1.82) is 0 Å². The predicted molar refractivity (Wildman–Crippen MR) is 77.0 cm³/mol. The van der Waals surface area contributed by atoms with E-state index in [2.05, 4.69) is 14.8 Å². The van der Waals surface area contributed by atoms with Crippen molar-refractivity contribution in [2.24, 2.45) is 7.05 Å². The van der Waals surface area contributed by atoms with Crippen LogP contribution in [0.2, 0.25) is 0 Å². The number of aromatic nitrogens is 1. The van der Waals surface area contributed by atoms with Gasteiger partial charge in [0.25, 0.3) is 5.91 Å². The molecule has 1 aliphatic heterocycles. The molecule has 24 heavy (non-hydrogen) atoms. The minimum atomic E-state index is -3.73. The third kappa shape index (κ3) is 3.29. The van der Waals surface area contributed by atoms with Crippen LogP contribution in [0.15, 0.2) is 36.5 Å². The molecule has 1 N–H and O–H groups in total. The number of aryl methyl sites for hydroxylation is 1. The molecule has 0 fully saturated rings. The van der Waals surface area contributed by atoms with E-state index in [1.807, 2.05) is 0 Å². The second-order valence-electron chi connectivity index (χ2n) is 4.96. The maximum atomic E-state index is 12.9. The Morgan fingerprint density at radius 2 is 2.00 bits per heavy atom. The van der Waals surface area contributed by atoms with Crippen LogP contribution >= 0.6 is 0 Å². The third-order valence-electron chi connectivity index (χ3n) is 3.17. The first-order chi connectivity index (χ1) is 11.3. The number of esters is 1. The van der Waals surface area contributed by atoms with Crippen molar-refractivity contribution in [3.63, 3.8) is 0 Å². The number of hydrogen-bond donors (Lipinski definition) is 1. The topological polar surface area (TPSA) is 78.8 Å². The van der Waals surface area contributed by atoms with E-state index in [-0.39, 0.29) is 17.2 Å². The van der Waals surface area contributed by atoms with Crippen molar-refractivity contribution in [2.45, 2.75) is 6.29 Å². The van der Waals surface area contributed by atoms with E-state index in [9.17, 15) is 18.4 Å². The SMILES string of the molecule is Cn1cccc1C(=O)OCC(=O)Nc1ccc2c(c1)OC(F)(F)O2. The van der Waals surface area contributed by atoms with Gasteiger partial charge in [0.15, 0.2) is 18.1 Å². The summed E-state index contributed by atoms with van der Waals surface area (Å²) in [4.78, 5) is 23.5. The quantitative estimate of drug-likeness (QED) is 0.864. The lowest BCUT2D eigenvalue weighted by Crippen LogP contribution is -2.25. The van der Waals surface area contributed by atoms with Gasteiger partial charge in [0.05, 0.1) is 0 Å². The lowest BCUT2D eigenvalue weighted by atomic mass is 10.3. The molecule has 1 aromatic heterocycles. The Morgan fingerprint density at radius 1 is 1.25 bits per heavy atom. The molecule has 0 atom stereocenters. The van der Waals surface area contributed by atoms with Crippen molar-refractivity contribution in [1.82, 2.24) is 4.57 Å². The Balaban J connectivity index is 1.56. The highest BCUT2D eigenvalue weighted by Crippen LogP contribution is 2.42. The number of halogens is 2. The summed E-state index contributed by atoms with van der Waals surface area (Å²) in [6, 6.07) is 7.01. The second kappa shape index (κ2) is 5.84. The Labute approximate surface area is 134 Å². The van der Waals surface area contributed by atoms with Crippen LogP contribution < -0.4 is 14.8 Å². The molecule has 1 aliphatic rings. The number of amides is 1. The summed E-state index contributed by atoms with van der Waals surface area (Å²) in [7, 11) is 1.67. The van der Waals surface area contributed by atoms with Gasteiger partial charge >= 0.3 is 12.3 Å². The number of nitrogens with zero attached hydrogens (tertiary/aromatic N) is 1. The number of anilines is 1. The zero-order valence-electron chi connectivity index (χ0n) is 12.4. The first-order valence-corrected chi connectivity index (χ1v) is 6.82. The average molecular weight is 338 g/mol.